The van der Waals surface area contributed by atoms with Crippen molar-refractivity contribution in [1.82, 2.24) is 40.4 Å². The van der Waals surface area contributed by atoms with Crippen LogP contribution < -0.4 is 5.32 Å². The Labute approximate surface area is 203 Å². The number of benzene rings is 1. The van der Waals surface area contributed by atoms with E-state index in [1.807, 2.05) is 13.0 Å². The van der Waals surface area contributed by atoms with E-state index < -0.39 is 5.82 Å². The van der Waals surface area contributed by atoms with Gasteiger partial charge in [0, 0.05) is 36.3 Å². The van der Waals surface area contributed by atoms with Crippen LogP contribution in [0.3, 0.4) is 0 Å². The molecular weight excluding hydrogens is 462 g/mol. The molecular formula is C26H20F2N8. The second-order valence-electron chi connectivity index (χ2n) is 8.30. The lowest BCUT2D eigenvalue weighted by atomic mass is 10.1. The topological polar surface area (TPSA) is 108 Å². The number of rotatable bonds is 6. The predicted octanol–water partition coefficient (Wildman–Crippen LogP) is 5.01. The molecule has 0 aliphatic rings. The highest BCUT2D eigenvalue weighted by atomic mass is 19.1. The Bertz CT molecular complexity index is 1720. The zero-order chi connectivity index (χ0) is 24.6. The SMILES string of the molecule is CCNCc1cncc(-c2ncc3[nH]nc(-c4nc5nccc(-c6cccc(F)c6)c5[nH]4)c3c2F)c1. The minimum atomic E-state index is -0.530. The molecule has 3 N–H and O–H groups in total. The molecule has 0 radical (unpaired) electrons. The van der Waals surface area contributed by atoms with Gasteiger partial charge in [-0.05, 0) is 41.9 Å². The summed E-state index contributed by atoms with van der Waals surface area (Å²) in [6.45, 7) is 3.45. The zero-order valence-corrected chi connectivity index (χ0v) is 19.2. The fourth-order valence-corrected chi connectivity index (χ4v) is 4.25. The molecule has 5 heterocycles. The monoisotopic (exact) mass is 482 g/mol. The first-order valence-electron chi connectivity index (χ1n) is 11.4. The standard InChI is InChI=1S/C26H20F2N8/c1-2-29-10-14-8-16(12-30-11-14)22-21(28)20-19(13-32-22)35-36-24(20)26-33-23-18(6-7-31-25(23)34-26)15-4-3-5-17(27)9-15/h3-9,11-13,29H,2,10H2,1H3,(H,35,36)(H,31,33,34). The molecule has 0 aliphatic heterocycles. The Hall–Kier alpha value is -4.57. The van der Waals surface area contributed by atoms with E-state index in [4.69, 9.17) is 0 Å². The van der Waals surface area contributed by atoms with Crippen molar-refractivity contribution in [1.29, 1.82) is 0 Å². The Morgan fingerprint density at radius 2 is 1.89 bits per heavy atom. The molecule has 178 valence electrons. The average molecular weight is 482 g/mol. The number of halogens is 2. The Balaban J connectivity index is 1.48. The molecule has 0 unspecified atom stereocenters. The molecule has 0 saturated heterocycles. The van der Waals surface area contributed by atoms with Crippen molar-refractivity contribution in [2.45, 2.75) is 13.5 Å². The lowest BCUT2D eigenvalue weighted by Crippen LogP contribution is -2.11. The predicted molar refractivity (Wildman–Crippen MR) is 133 cm³/mol. The minimum Gasteiger partial charge on any atom is -0.335 e. The van der Waals surface area contributed by atoms with Gasteiger partial charge < -0.3 is 10.3 Å². The fourth-order valence-electron chi connectivity index (χ4n) is 4.25. The number of aromatic amines is 2. The van der Waals surface area contributed by atoms with Crippen LogP contribution >= 0.6 is 0 Å². The first-order chi connectivity index (χ1) is 17.6. The number of pyridine rings is 3. The molecule has 0 aliphatic carbocycles. The molecule has 1 aromatic carbocycles. The van der Waals surface area contributed by atoms with Crippen molar-refractivity contribution in [2.24, 2.45) is 0 Å². The van der Waals surface area contributed by atoms with Gasteiger partial charge in [-0.2, -0.15) is 5.10 Å². The Morgan fingerprint density at radius 1 is 0.972 bits per heavy atom. The van der Waals surface area contributed by atoms with E-state index in [0.29, 0.717) is 45.9 Å². The molecule has 0 amide bonds. The maximum absolute atomic E-state index is 15.9. The molecule has 0 spiro atoms. The Morgan fingerprint density at radius 3 is 2.75 bits per heavy atom. The van der Waals surface area contributed by atoms with E-state index in [0.717, 1.165) is 17.7 Å². The van der Waals surface area contributed by atoms with E-state index in [2.05, 4.69) is 40.4 Å². The summed E-state index contributed by atoms with van der Waals surface area (Å²) in [6, 6.07) is 9.91. The third kappa shape index (κ3) is 3.77. The van der Waals surface area contributed by atoms with Crippen LogP contribution in [0.15, 0.2) is 61.2 Å². The summed E-state index contributed by atoms with van der Waals surface area (Å²) in [4.78, 5) is 20.7. The van der Waals surface area contributed by atoms with Gasteiger partial charge in [-0.1, -0.05) is 19.1 Å². The molecule has 8 nitrogen and oxygen atoms in total. The summed E-state index contributed by atoms with van der Waals surface area (Å²) in [7, 11) is 0. The van der Waals surface area contributed by atoms with Crippen LogP contribution in [-0.2, 0) is 6.54 Å². The second-order valence-corrected chi connectivity index (χ2v) is 8.30. The number of aromatic nitrogens is 7. The van der Waals surface area contributed by atoms with Crippen molar-refractivity contribution in [3.63, 3.8) is 0 Å². The van der Waals surface area contributed by atoms with E-state index in [1.165, 1.54) is 12.1 Å². The largest absolute Gasteiger partial charge is 0.335 e. The normalized spacial score (nSPS) is 11.5. The van der Waals surface area contributed by atoms with Gasteiger partial charge in [-0.15, -0.1) is 0 Å². The van der Waals surface area contributed by atoms with Crippen LogP contribution in [0.5, 0.6) is 0 Å². The third-order valence-electron chi connectivity index (χ3n) is 5.94. The fraction of sp³-hybridized carbons (Fsp3) is 0.115. The van der Waals surface area contributed by atoms with E-state index >= 15 is 4.39 Å². The maximum atomic E-state index is 15.9. The first-order valence-corrected chi connectivity index (χ1v) is 11.4. The molecule has 6 rings (SSSR count). The first kappa shape index (κ1) is 21.9. The molecule has 5 aromatic heterocycles. The van der Waals surface area contributed by atoms with Gasteiger partial charge in [0.25, 0.3) is 0 Å². The smallest absolute Gasteiger partial charge is 0.178 e. The van der Waals surface area contributed by atoms with E-state index in [-0.39, 0.29) is 16.9 Å². The highest BCUT2D eigenvalue weighted by Crippen LogP contribution is 2.34. The van der Waals surface area contributed by atoms with Crippen LogP contribution in [0.25, 0.3) is 56.0 Å². The molecule has 0 bridgehead atoms. The van der Waals surface area contributed by atoms with Crippen LogP contribution in [-0.4, -0.2) is 41.7 Å². The van der Waals surface area contributed by atoms with Crippen LogP contribution in [0.1, 0.15) is 12.5 Å². The maximum Gasteiger partial charge on any atom is 0.178 e. The zero-order valence-electron chi connectivity index (χ0n) is 19.2. The summed E-state index contributed by atoms with van der Waals surface area (Å²) in [5.41, 5.74) is 4.81. The van der Waals surface area contributed by atoms with Crippen LogP contribution in [0, 0.1) is 11.6 Å². The molecule has 10 heteroatoms. The van der Waals surface area contributed by atoms with Crippen LogP contribution in [0.4, 0.5) is 8.78 Å². The number of nitrogens with zero attached hydrogens (tertiary/aromatic N) is 5. The second kappa shape index (κ2) is 8.90. The number of hydrogen-bond donors (Lipinski definition) is 3. The van der Waals surface area contributed by atoms with Crippen molar-refractivity contribution in [2.75, 3.05) is 6.54 Å². The van der Waals surface area contributed by atoms with Gasteiger partial charge in [-0.25, -0.2) is 18.7 Å². The third-order valence-corrected chi connectivity index (χ3v) is 5.94. The summed E-state index contributed by atoms with van der Waals surface area (Å²) in [5, 5.41) is 10.6. The average Bonchev–Trinajstić information content (AvgIpc) is 3.52. The number of fused-ring (bicyclic) bond motifs is 2. The summed E-state index contributed by atoms with van der Waals surface area (Å²) in [6.07, 6.45) is 6.47. The van der Waals surface area contributed by atoms with Gasteiger partial charge in [-0.3, -0.25) is 15.1 Å². The lowest BCUT2D eigenvalue weighted by Gasteiger charge is -2.07. The van der Waals surface area contributed by atoms with Crippen LogP contribution in [0.2, 0.25) is 0 Å². The van der Waals surface area contributed by atoms with Gasteiger partial charge >= 0.3 is 0 Å². The highest BCUT2D eigenvalue weighted by molar-refractivity contribution is 5.97. The van der Waals surface area contributed by atoms with Gasteiger partial charge in [0.2, 0.25) is 0 Å². The summed E-state index contributed by atoms with van der Waals surface area (Å²) in [5.74, 6) is -0.540. The van der Waals surface area contributed by atoms with Crippen molar-refractivity contribution in [3.8, 4) is 33.9 Å². The van der Waals surface area contributed by atoms with E-state index in [9.17, 15) is 4.39 Å². The Kier molecular flexibility index (Phi) is 5.42. The molecule has 0 atom stereocenters. The lowest BCUT2D eigenvalue weighted by molar-refractivity contribution is 0.628. The minimum absolute atomic E-state index is 0.172. The number of hydrogen-bond acceptors (Lipinski definition) is 6. The van der Waals surface area contributed by atoms with Gasteiger partial charge in [0.1, 0.15) is 17.2 Å². The quantitative estimate of drug-likeness (QED) is 0.308. The van der Waals surface area contributed by atoms with Gasteiger partial charge in [0.05, 0.1) is 22.6 Å². The molecule has 6 aromatic rings. The summed E-state index contributed by atoms with van der Waals surface area (Å²) >= 11 is 0. The van der Waals surface area contributed by atoms with E-state index in [1.54, 1.807) is 43.0 Å². The van der Waals surface area contributed by atoms with Gasteiger partial charge in [0.15, 0.2) is 17.3 Å². The molecule has 36 heavy (non-hydrogen) atoms. The van der Waals surface area contributed by atoms with Crippen molar-refractivity contribution < 1.29 is 8.78 Å². The van der Waals surface area contributed by atoms with Crippen molar-refractivity contribution >= 4 is 22.1 Å². The van der Waals surface area contributed by atoms with Crippen molar-refractivity contribution in [3.05, 3.63) is 78.4 Å². The molecule has 0 fully saturated rings. The number of imidazole rings is 1. The highest BCUT2D eigenvalue weighted by Gasteiger charge is 2.21. The summed E-state index contributed by atoms with van der Waals surface area (Å²) < 4.78 is 29.8. The number of nitrogens with one attached hydrogen (secondary N) is 3. The molecule has 0 saturated carbocycles. The number of H-pyrrole nitrogens is 2.